The van der Waals surface area contributed by atoms with Gasteiger partial charge in [-0.2, -0.15) is 13.5 Å². The van der Waals surface area contributed by atoms with Gasteiger partial charge >= 0.3 is 10.4 Å². The number of oxime groups is 1. The molecule has 4 rings (SSSR count). The molecule has 18 heteroatoms. The lowest BCUT2D eigenvalue weighted by Gasteiger charge is -2.50. The lowest BCUT2D eigenvalue weighted by molar-refractivity contribution is -0.218. The normalized spacial score (nSPS) is 20.4. The van der Waals surface area contributed by atoms with Crippen molar-refractivity contribution in [3.8, 4) is 5.75 Å². The Morgan fingerprint density at radius 3 is 2.62 bits per heavy atom. The van der Waals surface area contributed by atoms with E-state index in [0.717, 1.165) is 22.7 Å². The van der Waals surface area contributed by atoms with Crippen LogP contribution in [-0.4, -0.2) is 90.3 Å². The number of aliphatic imine (C=N–C) groups is 1. The number of β-lactam (4-membered cyclic amide) rings is 1. The van der Waals surface area contributed by atoms with Crippen molar-refractivity contribution in [2.75, 3.05) is 32.0 Å². The Morgan fingerprint density at radius 2 is 2.05 bits per heavy atom. The van der Waals surface area contributed by atoms with Crippen LogP contribution >= 0.6 is 11.3 Å². The quantitative estimate of drug-likeness (QED) is 0.0655. The van der Waals surface area contributed by atoms with Gasteiger partial charge < -0.3 is 31.7 Å². The molecule has 2 aliphatic heterocycles. The van der Waals surface area contributed by atoms with Crippen LogP contribution in [-0.2, 0) is 29.1 Å². The van der Waals surface area contributed by atoms with Crippen molar-refractivity contribution < 1.29 is 36.4 Å². The summed E-state index contributed by atoms with van der Waals surface area (Å²) in [7, 11) is -4.94. The van der Waals surface area contributed by atoms with E-state index >= 15 is 0 Å². The van der Waals surface area contributed by atoms with E-state index < -0.39 is 33.8 Å². The van der Waals surface area contributed by atoms with E-state index in [9.17, 15) is 18.0 Å². The van der Waals surface area contributed by atoms with Crippen LogP contribution in [0.15, 0.2) is 39.8 Å². The molecular formula is C22H28N8O8S2. The Balaban J connectivity index is 1.33. The first kappa shape index (κ1) is 29.2. The molecule has 2 aromatic rings. The molecule has 7 N–H and O–H groups in total. The number of amides is 2. The Morgan fingerprint density at radius 1 is 1.32 bits per heavy atom. The molecule has 0 saturated carbocycles. The van der Waals surface area contributed by atoms with Gasteiger partial charge in [0.2, 0.25) is 0 Å². The van der Waals surface area contributed by atoms with Crippen molar-refractivity contribution in [3.05, 3.63) is 40.9 Å². The second-order valence-corrected chi connectivity index (χ2v) is 11.1. The minimum atomic E-state index is -4.94. The molecule has 3 heterocycles. The maximum atomic E-state index is 13.0. The molecule has 1 unspecified atom stereocenters. The maximum Gasteiger partial charge on any atom is 0.418 e. The number of nitrogens with zero attached hydrogens (tertiary/aromatic N) is 4. The van der Waals surface area contributed by atoms with Gasteiger partial charge in [0.25, 0.3) is 11.8 Å². The summed E-state index contributed by atoms with van der Waals surface area (Å²) in [5, 5.41) is 11.7. The number of carbonyl (C=O) groups is 2. The third-order valence-electron chi connectivity index (χ3n) is 5.92. The summed E-state index contributed by atoms with van der Waals surface area (Å²) in [6.07, 6.45) is 0. The fourth-order valence-electron chi connectivity index (χ4n) is 3.83. The highest BCUT2D eigenvalue weighted by Crippen LogP contribution is 2.33. The van der Waals surface area contributed by atoms with E-state index in [1.54, 1.807) is 12.1 Å². The first-order valence-corrected chi connectivity index (χ1v) is 14.1. The number of ether oxygens (including phenoxy) is 1. The lowest BCUT2D eigenvalue weighted by atomic mass is 9.84. The SMILES string of the molecule is CC1(C)[C@H](NC(=O)C(=NOCCOc2ccc(C3=NCC(CN)N3)cc2)c2csc(N)n2)C(=O)N1OS(=O)(=O)O. The summed E-state index contributed by atoms with van der Waals surface area (Å²) in [4.78, 5) is 39.2. The molecule has 0 radical (unpaired) electrons. The van der Waals surface area contributed by atoms with Crippen LogP contribution in [0, 0.1) is 0 Å². The third-order valence-corrected chi connectivity index (χ3v) is 6.93. The van der Waals surface area contributed by atoms with Crippen molar-refractivity contribution in [1.29, 1.82) is 0 Å². The number of hydrogen-bond donors (Lipinski definition) is 5. The predicted molar refractivity (Wildman–Crippen MR) is 144 cm³/mol. The van der Waals surface area contributed by atoms with Crippen LogP contribution in [0.2, 0.25) is 0 Å². The average Bonchev–Trinajstić information content (AvgIpc) is 3.56. The van der Waals surface area contributed by atoms with E-state index in [4.69, 9.17) is 25.6 Å². The number of amidine groups is 1. The molecule has 216 valence electrons. The number of hydroxylamine groups is 2. The number of carbonyl (C=O) groups excluding carboxylic acids is 2. The smallest absolute Gasteiger partial charge is 0.418 e. The summed E-state index contributed by atoms with van der Waals surface area (Å²) in [5.41, 5.74) is 10.8. The van der Waals surface area contributed by atoms with Gasteiger partial charge in [-0.15, -0.1) is 15.6 Å². The second kappa shape index (κ2) is 11.7. The summed E-state index contributed by atoms with van der Waals surface area (Å²) in [6, 6.07) is 6.22. The molecule has 2 amide bonds. The number of nitrogen functional groups attached to an aromatic ring is 1. The highest BCUT2D eigenvalue weighted by atomic mass is 32.3. The highest BCUT2D eigenvalue weighted by Gasteiger charge is 2.58. The zero-order valence-electron chi connectivity index (χ0n) is 21.4. The van der Waals surface area contributed by atoms with Crippen LogP contribution in [0.5, 0.6) is 5.75 Å². The zero-order chi connectivity index (χ0) is 29.1. The van der Waals surface area contributed by atoms with Crippen molar-refractivity contribution in [1.82, 2.24) is 20.7 Å². The van der Waals surface area contributed by atoms with Gasteiger partial charge in [-0.3, -0.25) is 19.1 Å². The Bertz CT molecular complexity index is 1420. The molecule has 0 aliphatic carbocycles. The molecule has 0 bridgehead atoms. The number of nitrogens with two attached hydrogens (primary N) is 2. The van der Waals surface area contributed by atoms with Gasteiger partial charge in [0.15, 0.2) is 17.5 Å². The number of nitrogens with one attached hydrogen (secondary N) is 2. The van der Waals surface area contributed by atoms with Crippen LogP contribution in [0.4, 0.5) is 5.13 Å². The minimum absolute atomic E-state index is 0.0333. The molecular weight excluding hydrogens is 568 g/mol. The van der Waals surface area contributed by atoms with E-state index in [1.807, 2.05) is 12.1 Å². The summed E-state index contributed by atoms with van der Waals surface area (Å²) in [5.74, 6) is -0.375. The van der Waals surface area contributed by atoms with Gasteiger partial charge in [0.1, 0.15) is 29.9 Å². The molecule has 1 aromatic heterocycles. The average molecular weight is 597 g/mol. The number of benzene rings is 1. The van der Waals surface area contributed by atoms with Crippen LogP contribution in [0.1, 0.15) is 25.1 Å². The van der Waals surface area contributed by atoms with Gasteiger partial charge in [0.05, 0.1) is 18.1 Å². The Hall–Kier alpha value is -3.84. The number of rotatable bonds is 12. The molecule has 1 aromatic carbocycles. The first-order chi connectivity index (χ1) is 18.9. The number of thiazole rings is 1. The third kappa shape index (κ3) is 6.65. The van der Waals surface area contributed by atoms with E-state index in [1.165, 1.54) is 19.2 Å². The van der Waals surface area contributed by atoms with Crippen molar-refractivity contribution in [3.63, 3.8) is 0 Å². The maximum absolute atomic E-state index is 13.0. The summed E-state index contributed by atoms with van der Waals surface area (Å²) < 4.78 is 40.9. The molecule has 2 aliphatic rings. The Kier molecular flexibility index (Phi) is 8.54. The van der Waals surface area contributed by atoms with Gasteiger partial charge in [0, 0.05) is 17.5 Å². The number of anilines is 1. The number of aromatic nitrogens is 1. The largest absolute Gasteiger partial charge is 0.490 e. The van der Waals surface area contributed by atoms with Crippen LogP contribution < -0.4 is 26.8 Å². The fraction of sp³-hybridized carbons (Fsp3) is 0.409. The fourth-order valence-corrected chi connectivity index (χ4v) is 4.83. The number of hydrogen-bond acceptors (Lipinski definition) is 14. The van der Waals surface area contributed by atoms with Crippen molar-refractivity contribution >= 4 is 50.2 Å². The standard InChI is InChI=1S/C22H28N8O8S2/c1-22(2)17(20(32)30(22)38-40(33,34)35)28-19(31)16(15-11-39-21(24)27-15)29-37-8-7-36-14-5-3-12(4-6-14)18-25-10-13(9-23)26-18/h3-6,11,13,17H,7-10,23H2,1-2H3,(H2,24,27)(H,25,26)(H,28,31)(H,33,34,35)/t13?,17-/m1/s1. The topological polar surface area (TPSA) is 233 Å². The lowest BCUT2D eigenvalue weighted by Crippen LogP contribution is -2.76. The van der Waals surface area contributed by atoms with Crippen molar-refractivity contribution in [2.24, 2.45) is 15.9 Å². The van der Waals surface area contributed by atoms with Gasteiger partial charge in [-0.05, 0) is 38.1 Å². The molecule has 40 heavy (non-hydrogen) atoms. The van der Waals surface area contributed by atoms with E-state index in [2.05, 4.69) is 30.0 Å². The molecule has 1 fully saturated rings. The summed E-state index contributed by atoms with van der Waals surface area (Å²) in [6.45, 7) is 4.05. The molecule has 16 nitrogen and oxygen atoms in total. The van der Waals surface area contributed by atoms with Crippen LogP contribution in [0.3, 0.4) is 0 Å². The zero-order valence-corrected chi connectivity index (χ0v) is 23.1. The predicted octanol–water partition coefficient (Wildman–Crippen LogP) is -0.958. The molecule has 1 saturated heterocycles. The van der Waals surface area contributed by atoms with Gasteiger partial charge in [-0.1, -0.05) is 5.16 Å². The monoisotopic (exact) mass is 596 g/mol. The van der Waals surface area contributed by atoms with Crippen molar-refractivity contribution in [2.45, 2.75) is 31.5 Å². The van der Waals surface area contributed by atoms with Gasteiger partial charge in [-0.25, -0.2) is 4.98 Å². The second-order valence-electron chi connectivity index (χ2n) is 9.18. The minimum Gasteiger partial charge on any atom is -0.490 e. The van der Waals surface area contributed by atoms with E-state index in [0.29, 0.717) is 23.9 Å². The Labute approximate surface area is 233 Å². The summed E-state index contributed by atoms with van der Waals surface area (Å²) >= 11 is 1.07. The van der Waals surface area contributed by atoms with E-state index in [-0.39, 0.29) is 35.8 Å². The van der Waals surface area contributed by atoms with Crippen LogP contribution in [0.25, 0.3) is 0 Å². The molecule has 2 atom stereocenters. The first-order valence-electron chi connectivity index (χ1n) is 11.9. The molecule has 0 spiro atoms. The highest BCUT2D eigenvalue weighted by molar-refractivity contribution is 7.80.